The van der Waals surface area contributed by atoms with Crippen LogP contribution >= 0.6 is 0 Å². The summed E-state index contributed by atoms with van der Waals surface area (Å²) in [5.41, 5.74) is 0.350. The highest BCUT2D eigenvalue weighted by Gasteiger charge is 2.44. The molecule has 2 bridgehead atoms. The number of likely N-dealkylation sites (tertiary alicyclic amines) is 1. The fraction of sp³-hybridized carbons (Fsp3) is 0.650. The van der Waals surface area contributed by atoms with Gasteiger partial charge in [0.1, 0.15) is 5.78 Å². The molecule has 0 radical (unpaired) electrons. The van der Waals surface area contributed by atoms with Gasteiger partial charge in [0.05, 0.1) is 5.60 Å². The van der Waals surface area contributed by atoms with E-state index in [9.17, 15) is 9.90 Å². The van der Waals surface area contributed by atoms with Crippen LogP contribution in [0.25, 0.3) is 0 Å². The highest BCUT2D eigenvalue weighted by molar-refractivity contribution is 5.85. The average molecular weight is 313 g/mol. The summed E-state index contributed by atoms with van der Waals surface area (Å²) in [6.45, 7) is 1.81. The Balaban J connectivity index is 1.44. The van der Waals surface area contributed by atoms with E-state index < -0.39 is 5.60 Å². The monoisotopic (exact) mass is 313 g/mol. The quantitative estimate of drug-likeness (QED) is 0.912. The third-order valence-corrected chi connectivity index (χ3v) is 6.52. The molecule has 1 saturated heterocycles. The van der Waals surface area contributed by atoms with Gasteiger partial charge in [-0.15, -0.1) is 0 Å². The van der Waals surface area contributed by atoms with E-state index in [4.69, 9.17) is 0 Å². The Labute approximate surface area is 138 Å². The molecule has 1 heterocycles. The fourth-order valence-corrected chi connectivity index (χ4v) is 5.11. The molecule has 0 spiro atoms. The molecule has 3 unspecified atom stereocenters. The SMILES string of the molecule is O=C1C2CCCC1C(N1CCC(O)(c3ccccc3)CC1)CC2. The zero-order chi connectivity index (χ0) is 15.9. The Morgan fingerprint density at radius 3 is 2.48 bits per heavy atom. The molecule has 3 atom stereocenters. The predicted molar refractivity (Wildman–Crippen MR) is 90.0 cm³/mol. The number of hydrogen-bond donors (Lipinski definition) is 1. The lowest BCUT2D eigenvalue weighted by Crippen LogP contribution is -2.54. The van der Waals surface area contributed by atoms with Crippen LogP contribution in [0.3, 0.4) is 0 Å². The zero-order valence-electron chi connectivity index (χ0n) is 13.8. The van der Waals surface area contributed by atoms with Crippen LogP contribution in [0.4, 0.5) is 0 Å². The van der Waals surface area contributed by atoms with E-state index in [1.54, 1.807) is 0 Å². The van der Waals surface area contributed by atoms with E-state index in [-0.39, 0.29) is 5.92 Å². The molecule has 4 rings (SSSR count). The number of ketones is 1. The van der Waals surface area contributed by atoms with Crippen LogP contribution in [0.15, 0.2) is 30.3 Å². The molecule has 124 valence electrons. The Bertz CT molecular complexity index is 562. The molecule has 3 heteroatoms. The number of benzene rings is 1. The summed E-state index contributed by atoms with van der Waals surface area (Å²) in [4.78, 5) is 15.0. The van der Waals surface area contributed by atoms with Crippen molar-refractivity contribution in [2.24, 2.45) is 11.8 Å². The number of rotatable bonds is 2. The third-order valence-electron chi connectivity index (χ3n) is 6.52. The highest BCUT2D eigenvalue weighted by Crippen LogP contribution is 2.41. The Morgan fingerprint density at radius 2 is 1.74 bits per heavy atom. The smallest absolute Gasteiger partial charge is 0.140 e. The molecule has 1 aromatic rings. The van der Waals surface area contributed by atoms with Gasteiger partial charge in [-0.3, -0.25) is 9.69 Å². The second-order valence-electron chi connectivity index (χ2n) is 7.71. The van der Waals surface area contributed by atoms with E-state index in [0.29, 0.717) is 17.7 Å². The molecule has 1 aromatic carbocycles. The standard InChI is InChI=1S/C20H27NO2/c22-19-15-5-4-8-17(19)18(10-9-15)21-13-11-20(23,12-14-21)16-6-2-1-3-7-16/h1-3,6-7,15,17-18,23H,4-5,8-14H2. The number of aliphatic hydroxyl groups is 1. The summed E-state index contributed by atoms with van der Waals surface area (Å²) in [6.07, 6.45) is 7.23. The van der Waals surface area contributed by atoms with Gasteiger partial charge in [0.2, 0.25) is 0 Å². The van der Waals surface area contributed by atoms with Crippen molar-refractivity contribution in [3.63, 3.8) is 0 Å². The third kappa shape index (κ3) is 2.74. The lowest BCUT2D eigenvalue weighted by Gasteiger charge is -2.48. The molecule has 3 nitrogen and oxygen atoms in total. The molecule has 2 aliphatic carbocycles. The molecule has 2 saturated carbocycles. The Morgan fingerprint density at radius 1 is 1.00 bits per heavy atom. The highest BCUT2D eigenvalue weighted by atomic mass is 16.3. The molecule has 1 aliphatic heterocycles. The van der Waals surface area contributed by atoms with Crippen molar-refractivity contribution in [2.75, 3.05) is 13.1 Å². The summed E-state index contributed by atoms with van der Waals surface area (Å²) in [5, 5.41) is 11.0. The van der Waals surface area contributed by atoms with Crippen LogP contribution in [0.5, 0.6) is 0 Å². The van der Waals surface area contributed by atoms with Gasteiger partial charge in [0, 0.05) is 31.0 Å². The number of piperidine rings is 1. The number of fused-ring (bicyclic) bond motifs is 2. The molecular weight excluding hydrogens is 286 g/mol. The number of carbonyl (C=O) groups excluding carboxylic acids is 1. The van der Waals surface area contributed by atoms with Gasteiger partial charge in [-0.25, -0.2) is 0 Å². The number of hydrogen-bond acceptors (Lipinski definition) is 3. The van der Waals surface area contributed by atoms with Gasteiger partial charge < -0.3 is 5.11 Å². The van der Waals surface area contributed by atoms with Gasteiger partial charge in [-0.05, 0) is 44.1 Å². The van der Waals surface area contributed by atoms with Crippen LogP contribution in [0, 0.1) is 11.8 Å². The molecule has 3 aliphatic rings. The Hall–Kier alpha value is -1.19. The summed E-state index contributed by atoms with van der Waals surface area (Å²) in [7, 11) is 0. The first-order valence-corrected chi connectivity index (χ1v) is 9.23. The minimum Gasteiger partial charge on any atom is -0.385 e. The van der Waals surface area contributed by atoms with Gasteiger partial charge in [-0.2, -0.15) is 0 Å². The van der Waals surface area contributed by atoms with Gasteiger partial charge in [0.15, 0.2) is 0 Å². The zero-order valence-corrected chi connectivity index (χ0v) is 13.8. The normalized spacial score (nSPS) is 34.3. The Kier molecular flexibility index (Phi) is 4.02. The van der Waals surface area contributed by atoms with Crippen molar-refractivity contribution in [1.29, 1.82) is 0 Å². The number of carbonyl (C=O) groups is 1. The van der Waals surface area contributed by atoms with E-state index >= 15 is 0 Å². The van der Waals surface area contributed by atoms with Crippen LogP contribution in [0.2, 0.25) is 0 Å². The topological polar surface area (TPSA) is 40.5 Å². The van der Waals surface area contributed by atoms with Crippen molar-refractivity contribution in [3.8, 4) is 0 Å². The average Bonchev–Trinajstić information content (AvgIpc) is 2.57. The molecule has 0 aromatic heterocycles. The van der Waals surface area contributed by atoms with Gasteiger partial charge >= 0.3 is 0 Å². The maximum Gasteiger partial charge on any atom is 0.140 e. The van der Waals surface area contributed by atoms with E-state index in [2.05, 4.69) is 4.90 Å². The second kappa shape index (κ2) is 6.03. The first-order valence-electron chi connectivity index (χ1n) is 9.23. The largest absolute Gasteiger partial charge is 0.385 e. The van der Waals surface area contributed by atoms with Crippen molar-refractivity contribution in [1.82, 2.24) is 4.90 Å². The maximum absolute atomic E-state index is 12.5. The van der Waals surface area contributed by atoms with Gasteiger partial charge in [-0.1, -0.05) is 36.8 Å². The molecule has 0 amide bonds. The van der Waals surface area contributed by atoms with E-state index in [0.717, 1.165) is 50.8 Å². The van der Waals surface area contributed by atoms with Crippen molar-refractivity contribution >= 4 is 5.78 Å². The predicted octanol–water partition coefficient (Wildman–Crippen LogP) is 3.12. The molecular formula is C20H27NO2. The second-order valence-corrected chi connectivity index (χ2v) is 7.71. The van der Waals surface area contributed by atoms with Crippen LogP contribution in [0.1, 0.15) is 50.5 Å². The summed E-state index contributed by atoms with van der Waals surface area (Å²) < 4.78 is 0. The maximum atomic E-state index is 12.5. The fourth-order valence-electron chi connectivity index (χ4n) is 5.11. The van der Waals surface area contributed by atoms with Crippen LogP contribution in [-0.4, -0.2) is 34.9 Å². The van der Waals surface area contributed by atoms with Gasteiger partial charge in [0.25, 0.3) is 0 Å². The summed E-state index contributed by atoms with van der Waals surface area (Å²) in [5.74, 6) is 1.16. The molecule has 1 N–H and O–H groups in total. The minimum atomic E-state index is -0.689. The number of Topliss-reactive ketones (excluding diaryl/α,β-unsaturated/α-hetero) is 1. The lowest BCUT2D eigenvalue weighted by atomic mass is 9.68. The summed E-state index contributed by atoms with van der Waals surface area (Å²) in [6, 6.07) is 10.5. The van der Waals surface area contributed by atoms with Crippen LogP contribution in [-0.2, 0) is 10.4 Å². The summed E-state index contributed by atoms with van der Waals surface area (Å²) >= 11 is 0. The molecule has 23 heavy (non-hydrogen) atoms. The van der Waals surface area contributed by atoms with Crippen LogP contribution < -0.4 is 0 Å². The van der Waals surface area contributed by atoms with Crippen molar-refractivity contribution in [2.45, 2.75) is 56.6 Å². The first-order chi connectivity index (χ1) is 11.2. The first kappa shape index (κ1) is 15.3. The lowest BCUT2D eigenvalue weighted by molar-refractivity contribution is -0.137. The van der Waals surface area contributed by atoms with E-state index in [1.165, 1.54) is 12.8 Å². The van der Waals surface area contributed by atoms with Crippen molar-refractivity contribution < 1.29 is 9.90 Å². The number of nitrogens with zero attached hydrogens (tertiary/aromatic N) is 1. The minimum absolute atomic E-state index is 0.269. The van der Waals surface area contributed by atoms with Crippen molar-refractivity contribution in [3.05, 3.63) is 35.9 Å². The molecule has 3 fully saturated rings. The van der Waals surface area contributed by atoms with E-state index in [1.807, 2.05) is 30.3 Å².